The van der Waals surface area contributed by atoms with Gasteiger partial charge in [-0.1, -0.05) is 124 Å². The van der Waals surface area contributed by atoms with Crippen molar-refractivity contribution in [3.05, 3.63) is 131 Å². The van der Waals surface area contributed by atoms with E-state index in [1.807, 2.05) is 18.2 Å². The van der Waals surface area contributed by atoms with Gasteiger partial charge < -0.3 is 4.74 Å². The summed E-state index contributed by atoms with van der Waals surface area (Å²) in [5.41, 5.74) is 6.69. The molecule has 0 aromatic heterocycles. The Morgan fingerprint density at radius 3 is 2.17 bits per heavy atom. The molecular formula is C39H41FO2. The second-order valence-electron chi connectivity index (χ2n) is 11.7. The summed E-state index contributed by atoms with van der Waals surface area (Å²) in [5, 5.41) is 0. The number of rotatable bonds is 10. The third kappa shape index (κ3) is 7.85. The molecule has 0 aliphatic heterocycles. The van der Waals surface area contributed by atoms with Crippen LogP contribution in [0.5, 0.6) is 0 Å². The Labute approximate surface area is 250 Å². The maximum atomic E-state index is 14.9. The van der Waals surface area contributed by atoms with Crippen LogP contribution in [0.25, 0.3) is 23.3 Å². The van der Waals surface area contributed by atoms with Crippen LogP contribution in [0.2, 0.25) is 0 Å². The predicted octanol–water partition coefficient (Wildman–Crippen LogP) is 10.5. The van der Waals surface area contributed by atoms with Gasteiger partial charge in [0.05, 0.1) is 5.56 Å². The van der Waals surface area contributed by atoms with Crippen molar-refractivity contribution in [1.29, 1.82) is 0 Å². The van der Waals surface area contributed by atoms with Gasteiger partial charge in [-0.3, -0.25) is 0 Å². The van der Waals surface area contributed by atoms with Crippen molar-refractivity contribution < 1.29 is 13.9 Å². The molecule has 0 radical (unpaired) electrons. The molecular weight excluding hydrogens is 519 g/mol. The number of ether oxygens (including phenoxy) is 1. The maximum absolute atomic E-state index is 14.9. The van der Waals surface area contributed by atoms with E-state index in [4.69, 9.17) is 4.74 Å². The van der Waals surface area contributed by atoms with E-state index < -0.39 is 11.8 Å². The molecule has 3 heteroatoms. The molecule has 0 heterocycles. The molecule has 0 spiro atoms. The van der Waals surface area contributed by atoms with Crippen LogP contribution in [0.15, 0.2) is 97.1 Å². The van der Waals surface area contributed by atoms with Crippen LogP contribution in [-0.2, 0) is 11.2 Å². The lowest BCUT2D eigenvalue weighted by molar-refractivity contribution is 0.0161. The van der Waals surface area contributed by atoms with Gasteiger partial charge in [0.25, 0.3) is 0 Å². The molecule has 0 saturated heterocycles. The monoisotopic (exact) mass is 560 g/mol. The first kappa shape index (κ1) is 29.5. The van der Waals surface area contributed by atoms with Gasteiger partial charge in [0, 0.05) is 5.56 Å². The normalized spacial score (nSPS) is 17.7. The van der Waals surface area contributed by atoms with Crippen LogP contribution in [0.3, 0.4) is 0 Å². The van der Waals surface area contributed by atoms with Crippen LogP contribution in [-0.4, -0.2) is 12.1 Å². The van der Waals surface area contributed by atoms with Crippen molar-refractivity contribution >= 4 is 18.1 Å². The highest BCUT2D eigenvalue weighted by molar-refractivity contribution is 5.90. The molecule has 0 unspecified atom stereocenters. The van der Waals surface area contributed by atoms with Crippen molar-refractivity contribution in [2.24, 2.45) is 5.92 Å². The highest BCUT2D eigenvalue weighted by Gasteiger charge is 2.24. The average Bonchev–Trinajstić information content (AvgIpc) is 3.02. The van der Waals surface area contributed by atoms with Crippen LogP contribution in [0, 0.1) is 11.7 Å². The van der Waals surface area contributed by atoms with Gasteiger partial charge in [0.2, 0.25) is 0 Å². The lowest BCUT2D eigenvalue weighted by Crippen LogP contribution is -2.24. The van der Waals surface area contributed by atoms with Crippen molar-refractivity contribution in [1.82, 2.24) is 0 Å². The van der Waals surface area contributed by atoms with Gasteiger partial charge in [-0.25, -0.2) is 9.18 Å². The third-order valence-corrected chi connectivity index (χ3v) is 8.56. The number of halogens is 1. The smallest absolute Gasteiger partial charge is 0.338 e. The zero-order valence-corrected chi connectivity index (χ0v) is 24.8. The van der Waals surface area contributed by atoms with E-state index in [1.54, 1.807) is 18.2 Å². The first-order valence-electron chi connectivity index (χ1n) is 15.4. The van der Waals surface area contributed by atoms with Gasteiger partial charge in [-0.05, 0) is 83.9 Å². The summed E-state index contributed by atoms with van der Waals surface area (Å²) in [6, 6.07) is 32.3. The molecule has 42 heavy (non-hydrogen) atoms. The number of carbonyl (C=O) groups is 1. The minimum atomic E-state index is -0.433. The lowest BCUT2D eigenvalue weighted by atomic mass is 9.85. The molecule has 5 rings (SSSR count). The van der Waals surface area contributed by atoms with Crippen molar-refractivity contribution in [3.63, 3.8) is 0 Å². The quantitative estimate of drug-likeness (QED) is 0.142. The Balaban J connectivity index is 1.15. The molecule has 0 amide bonds. The number of carbonyl (C=O) groups excluding carboxylic acids is 1. The summed E-state index contributed by atoms with van der Waals surface area (Å²) in [6.07, 6.45) is 11.0. The van der Waals surface area contributed by atoms with Gasteiger partial charge in [0.15, 0.2) is 0 Å². The minimum Gasteiger partial charge on any atom is -0.459 e. The molecule has 1 aliphatic carbocycles. The fourth-order valence-electron chi connectivity index (χ4n) is 6.01. The number of hydrogen-bond acceptors (Lipinski definition) is 2. The van der Waals surface area contributed by atoms with E-state index in [9.17, 15) is 9.18 Å². The van der Waals surface area contributed by atoms with E-state index in [0.29, 0.717) is 11.5 Å². The molecule has 0 N–H and O–H groups in total. The van der Waals surface area contributed by atoms with Crippen molar-refractivity contribution in [2.45, 2.75) is 70.8 Å². The second-order valence-corrected chi connectivity index (χ2v) is 11.7. The van der Waals surface area contributed by atoms with Gasteiger partial charge in [-0.15, -0.1) is 0 Å². The molecule has 4 aromatic carbocycles. The highest BCUT2D eigenvalue weighted by atomic mass is 19.1. The Bertz CT molecular complexity index is 1460. The molecule has 1 saturated carbocycles. The van der Waals surface area contributed by atoms with E-state index >= 15 is 0 Å². The summed E-state index contributed by atoms with van der Waals surface area (Å²) in [5.74, 6) is 0.358. The maximum Gasteiger partial charge on any atom is 0.338 e. The van der Waals surface area contributed by atoms with Crippen LogP contribution in [0.1, 0.15) is 90.9 Å². The topological polar surface area (TPSA) is 26.3 Å². The molecule has 1 fully saturated rings. The van der Waals surface area contributed by atoms with Gasteiger partial charge >= 0.3 is 5.97 Å². The molecule has 4 aromatic rings. The Hall–Kier alpha value is -3.98. The predicted molar refractivity (Wildman–Crippen MR) is 172 cm³/mol. The largest absolute Gasteiger partial charge is 0.459 e. The molecule has 1 aliphatic rings. The highest BCUT2D eigenvalue weighted by Crippen LogP contribution is 2.30. The Kier molecular flexibility index (Phi) is 10.0. The average molecular weight is 561 g/mol. The third-order valence-electron chi connectivity index (χ3n) is 8.56. The van der Waals surface area contributed by atoms with Crippen molar-refractivity contribution in [3.8, 4) is 11.1 Å². The molecule has 2 nitrogen and oxygen atoms in total. The minimum absolute atomic E-state index is 0.0579. The summed E-state index contributed by atoms with van der Waals surface area (Å²) < 4.78 is 20.6. The number of hydrogen-bond donors (Lipinski definition) is 0. The fourth-order valence-corrected chi connectivity index (χ4v) is 6.01. The van der Waals surface area contributed by atoms with E-state index in [0.717, 1.165) is 49.1 Å². The van der Waals surface area contributed by atoms with Crippen LogP contribution >= 0.6 is 0 Å². The summed E-state index contributed by atoms with van der Waals surface area (Å²) >= 11 is 0. The molecule has 1 atom stereocenters. The summed E-state index contributed by atoms with van der Waals surface area (Å²) in [4.78, 5) is 12.6. The Morgan fingerprint density at radius 1 is 0.857 bits per heavy atom. The zero-order chi connectivity index (χ0) is 29.3. The SMILES string of the molecule is CCCC1CCC(OC(=O)c2ccc(C=Cc3ccc(-c4ccc(C[C@@H](C)c5ccccc5)cc4)cc3)c(F)c2)CC1. The fraction of sp³-hybridized carbons (Fsp3) is 0.308. The first-order chi connectivity index (χ1) is 20.5. The standard InChI is InChI=1S/C39H41FO2/c1-3-7-29-15-24-37(25-16-29)42-39(41)36-23-22-35(38(40)27-36)21-12-30-10-17-33(18-11-30)34-19-13-31(14-20-34)26-28(2)32-8-5-4-6-9-32/h4-6,8-14,17-23,27-29,37H,3,7,15-16,24-26H2,1-2H3/t28-,29?,37?/m1/s1. The lowest BCUT2D eigenvalue weighted by Gasteiger charge is -2.28. The van der Waals surface area contributed by atoms with E-state index in [2.05, 4.69) is 80.6 Å². The van der Waals surface area contributed by atoms with Gasteiger partial charge in [0.1, 0.15) is 11.9 Å². The number of esters is 1. The summed E-state index contributed by atoms with van der Waals surface area (Å²) in [6.45, 7) is 4.48. The molecule has 216 valence electrons. The van der Waals surface area contributed by atoms with Crippen LogP contribution < -0.4 is 0 Å². The second kappa shape index (κ2) is 14.3. The van der Waals surface area contributed by atoms with Gasteiger partial charge in [-0.2, -0.15) is 0 Å². The number of benzene rings is 4. The van der Waals surface area contributed by atoms with Crippen molar-refractivity contribution in [2.75, 3.05) is 0 Å². The van der Waals surface area contributed by atoms with E-state index in [-0.39, 0.29) is 11.7 Å². The summed E-state index contributed by atoms with van der Waals surface area (Å²) in [7, 11) is 0. The van der Waals surface area contributed by atoms with Crippen LogP contribution in [0.4, 0.5) is 4.39 Å². The zero-order valence-electron chi connectivity index (χ0n) is 24.8. The van der Waals surface area contributed by atoms with E-state index in [1.165, 1.54) is 35.6 Å². The Morgan fingerprint density at radius 2 is 1.52 bits per heavy atom. The first-order valence-corrected chi connectivity index (χ1v) is 15.4. The molecule has 0 bridgehead atoms.